The van der Waals surface area contributed by atoms with E-state index >= 15 is 0 Å². The zero-order valence-corrected chi connectivity index (χ0v) is 22.8. The number of ether oxygens (including phenoxy) is 1. The Morgan fingerprint density at radius 2 is 1.92 bits per heavy atom. The van der Waals surface area contributed by atoms with Gasteiger partial charge in [-0.25, -0.2) is 4.98 Å². The van der Waals surface area contributed by atoms with Crippen LogP contribution in [0.1, 0.15) is 62.1 Å². The first kappa shape index (κ1) is 25.4. The van der Waals surface area contributed by atoms with Crippen LogP contribution in [0.4, 0.5) is 0 Å². The van der Waals surface area contributed by atoms with E-state index in [0.717, 1.165) is 56.9 Å². The van der Waals surface area contributed by atoms with E-state index in [4.69, 9.17) is 9.72 Å². The molecule has 1 aliphatic carbocycles. The fraction of sp³-hybridized carbons (Fsp3) is 0.483. The molecule has 4 aromatic rings. The molecule has 0 amide bonds. The molecule has 0 bridgehead atoms. The van der Waals surface area contributed by atoms with Gasteiger partial charge in [0.2, 0.25) is 0 Å². The monoisotopic (exact) mass is 524 g/mol. The zero-order valence-electron chi connectivity index (χ0n) is 21.1. The Morgan fingerprint density at radius 1 is 1.06 bits per heavy atom. The van der Waals surface area contributed by atoms with Crippen molar-refractivity contribution >= 4 is 34.0 Å². The molecule has 7 heteroatoms. The summed E-state index contributed by atoms with van der Waals surface area (Å²) in [6.45, 7) is 3.18. The summed E-state index contributed by atoms with van der Waals surface area (Å²) in [6, 6.07) is 13.3. The van der Waals surface area contributed by atoms with Gasteiger partial charge >= 0.3 is 0 Å². The van der Waals surface area contributed by atoms with Crippen molar-refractivity contribution in [2.24, 2.45) is 7.05 Å². The number of aryl methyl sites for hydroxylation is 2. The highest BCUT2D eigenvalue weighted by atomic mass is 35.5. The Hall–Kier alpha value is -2.28. The molecule has 1 saturated carbocycles. The Bertz CT molecular complexity index is 1260. The first-order valence-electron chi connectivity index (χ1n) is 13.3. The molecule has 1 aliphatic heterocycles. The van der Waals surface area contributed by atoms with Gasteiger partial charge in [0.25, 0.3) is 0 Å². The summed E-state index contributed by atoms with van der Waals surface area (Å²) < 4.78 is 12.4. The normalized spacial score (nSPS) is 18.5. The third-order valence-electron chi connectivity index (χ3n) is 7.90. The summed E-state index contributed by atoms with van der Waals surface area (Å²) in [4.78, 5) is 4.95. The van der Waals surface area contributed by atoms with Crippen molar-refractivity contribution < 1.29 is 4.74 Å². The molecule has 1 aromatic carbocycles. The molecule has 4 heterocycles. The standard InChI is InChI=1S/C29H36N4OS.ClH/c1-32-25-14-18-35-28(25)19-26(32)29-31-20-27(22-6-2-7-22)33(29)17-4-5-21-9-11-24(12-10-21)34-23-8-3-15-30-16-13-23;/h9-12,14,18-20,22-23,30H,2-8,13,15-17H2,1H3;1H. The topological polar surface area (TPSA) is 44.0 Å². The minimum Gasteiger partial charge on any atom is -0.490 e. The second-order valence-corrected chi connectivity index (χ2v) is 11.2. The molecule has 5 nitrogen and oxygen atoms in total. The number of halogens is 1. The highest BCUT2D eigenvalue weighted by Gasteiger charge is 2.26. The van der Waals surface area contributed by atoms with Crippen LogP contribution in [-0.2, 0) is 20.0 Å². The number of nitrogens with zero attached hydrogens (tertiary/aromatic N) is 3. The number of hydrogen-bond acceptors (Lipinski definition) is 4. The number of aromatic nitrogens is 3. The minimum absolute atomic E-state index is 0. The summed E-state index contributed by atoms with van der Waals surface area (Å²) in [5.74, 6) is 2.81. The van der Waals surface area contributed by atoms with Crippen LogP contribution in [0.25, 0.3) is 21.7 Å². The second kappa shape index (κ2) is 11.4. The molecule has 1 unspecified atom stereocenters. The molecule has 2 aliphatic rings. The third-order valence-corrected chi connectivity index (χ3v) is 8.75. The Labute approximate surface area is 224 Å². The van der Waals surface area contributed by atoms with Gasteiger partial charge in [0.15, 0.2) is 5.82 Å². The predicted molar refractivity (Wildman–Crippen MR) is 152 cm³/mol. The maximum atomic E-state index is 6.25. The van der Waals surface area contributed by atoms with E-state index in [1.54, 1.807) is 0 Å². The summed E-state index contributed by atoms with van der Waals surface area (Å²) in [5, 5.41) is 5.63. The molecule has 3 aromatic heterocycles. The molecule has 1 saturated heterocycles. The van der Waals surface area contributed by atoms with Gasteiger partial charge in [-0.3, -0.25) is 0 Å². The fourth-order valence-electron chi connectivity index (χ4n) is 5.60. The SMILES string of the molecule is Cl.Cn1c(-c2ncc(C3CCC3)n2CCCc2ccc(OC3CCCNCC3)cc2)cc2sccc21. The van der Waals surface area contributed by atoms with Crippen molar-refractivity contribution in [1.29, 1.82) is 0 Å². The lowest BCUT2D eigenvalue weighted by Crippen LogP contribution is -2.19. The average Bonchev–Trinajstić information content (AvgIpc) is 3.47. The van der Waals surface area contributed by atoms with Gasteiger partial charge in [-0.1, -0.05) is 18.6 Å². The van der Waals surface area contributed by atoms with Crippen molar-refractivity contribution in [3.05, 3.63) is 59.2 Å². The van der Waals surface area contributed by atoms with Crippen molar-refractivity contribution in [3.63, 3.8) is 0 Å². The number of rotatable bonds is 8. The zero-order chi connectivity index (χ0) is 23.6. The Balaban J connectivity index is 0.00000267. The minimum atomic E-state index is 0. The maximum absolute atomic E-state index is 6.25. The summed E-state index contributed by atoms with van der Waals surface area (Å²) in [7, 11) is 2.17. The van der Waals surface area contributed by atoms with Crippen LogP contribution in [0.5, 0.6) is 5.75 Å². The van der Waals surface area contributed by atoms with Crippen LogP contribution in [0.15, 0.2) is 48.0 Å². The number of hydrogen-bond donors (Lipinski definition) is 1. The van der Waals surface area contributed by atoms with Crippen LogP contribution in [0.3, 0.4) is 0 Å². The number of thiophene rings is 1. The van der Waals surface area contributed by atoms with Crippen molar-refractivity contribution in [2.45, 2.75) is 69.9 Å². The quantitative estimate of drug-likeness (QED) is 0.271. The number of imidazole rings is 1. The molecule has 36 heavy (non-hydrogen) atoms. The molecule has 2 fully saturated rings. The molecule has 192 valence electrons. The van der Waals surface area contributed by atoms with Crippen LogP contribution >= 0.6 is 23.7 Å². The van der Waals surface area contributed by atoms with E-state index in [2.05, 4.69) is 69.5 Å². The number of fused-ring (bicyclic) bond motifs is 1. The van der Waals surface area contributed by atoms with Gasteiger partial charge in [0, 0.05) is 31.4 Å². The van der Waals surface area contributed by atoms with E-state index in [1.807, 2.05) is 11.3 Å². The lowest BCUT2D eigenvalue weighted by atomic mass is 9.83. The van der Waals surface area contributed by atoms with Gasteiger partial charge in [0.1, 0.15) is 5.75 Å². The van der Waals surface area contributed by atoms with Gasteiger partial charge in [-0.05, 0) is 93.2 Å². The Morgan fingerprint density at radius 3 is 2.69 bits per heavy atom. The first-order chi connectivity index (χ1) is 17.3. The van der Waals surface area contributed by atoms with Crippen molar-refractivity contribution in [2.75, 3.05) is 13.1 Å². The molecule has 0 spiro atoms. The van der Waals surface area contributed by atoms with Crippen molar-refractivity contribution in [3.8, 4) is 17.3 Å². The number of benzene rings is 1. The lowest BCUT2D eigenvalue weighted by molar-refractivity contribution is 0.187. The molecule has 0 radical (unpaired) electrons. The highest BCUT2D eigenvalue weighted by molar-refractivity contribution is 7.17. The van der Waals surface area contributed by atoms with E-state index in [0.29, 0.717) is 12.0 Å². The highest BCUT2D eigenvalue weighted by Crippen LogP contribution is 2.39. The summed E-state index contributed by atoms with van der Waals surface area (Å²) >= 11 is 1.81. The first-order valence-corrected chi connectivity index (χ1v) is 14.2. The molecular weight excluding hydrogens is 488 g/mol. The summed E-state index contributed by atoms with van der Waals surface area (Å²) in [6.07, 6.45) is 12.0. The molecule has 6 rings (SSSR count). The fourth-order valence-corrected chi connectivity index (χ4v) is 6.45. The third kappa shape index (κ3) is 5.22. The van der Waals surface area contributed by atoms with Gasteiger partial charge in [-0.15, -0.1) is 23.7 Å². The van der Waals surface area contributed by atoms with E-state index in [1.165, 1.54) is 52.9 Å². The van der Waals surface area contributed by atoms with Gasteiger partial charge in [-0.2, -0.15) is 0 Å². The maximum Gasteiger partial charge on any atom is 0.156 e. The van der Waals surface area contributed by atoms with E-state index in [9.17, 15) is 0 Å². The van der Waals surface area contributed by atoms with E-state index in [-0.39, 0.29) is 12.4 Å². The Kier molecular flexibility index (Phi) is 8.04. The molecule has 1 N–H and O–H groups in total. The van der Waals surface area contributed by atoms with E-state index < -0.39 is 0 Å². The second-order valence-electron chi connectivity index (χ2n) is 10.2. The number of nitrogens with one attached hydrogen (secondary N) is 1. The largest absolute Gasteiger partial charge is 0.490 e. The van der Waals surface area contributed by atoms with Gasteiger partial charge < -0.3 is 19.2 Å². The van der Waals surface area contributed by atoms with Crippen LogP contribution in [-0.4, -0.2) is 33.3 Å². The summed E-state index contributed by atoms with van der Waals surface area (Å²) in [5.41, 5.74) is 5.34. The molecule has 1 atom stereocenters. The van der Waals surface area contributed by atoms with Gasteiger partial charge in [0.05, 0.1) is 22.0 Å². The molecular formula is C29H37ClN4OS. The van der Waals surface area contributed by atoms with Crippen molar-refractivity contribution in [1.82, 2.24) is 19.4 Å². The smallest absolute Gasteiger partial charge is 0.156 e. The lowest BCUT2D eigenvalue weighted by Gasteiger charge is -2.27. The average molecular weight is 525 g/mol. The van der Waals surface area contributed by atoms with Crippen LogP contribution < -0.4 is 10.1 Å². The predicted octanol–water partition coefficient (Wildman–Crippen LogP) is 6.95. The van der Waals surface area contributed by atoms with Crippen LogP contribution in [0, 0.1) is 0 Å². The van der Waals surface area contributed by atoms with Crippen LogP contribution in [0.2, 0.25) is 0 Å².